The molecular formula is C25H30N2O3. The first-order valence-electron chi connectivity index (χ1n) is 9.96. The molecule has 5 nitrogen and oxygen atoms in total. The molecule has 0 saturated heterocycles. The molecule has 30 heavy (non-hydrogen) atoms. The third kappa shape index (κ3) is 6.97. The van der Waals surface area contributed by atoms with Gasteiger partial charge >= 0.3 is 6.09 Å². The molecule has 5 heteroatoms. The van der Waals surface area contributed by atoms with E-state index in [4.69, 9.17) is 4.74 Å². The van der Waals surface area contributed by atoms with E-state index in [-0.39, 0.29) is 12.5 Å². The van der Waals surface area contributed by atoms with Gasteiger partial charge in [-0.2, -0.15) is 0 Å². The highest BCUT2D eigenvalue weighted by atomic mass is 16.6. The van der Waals surface area contributed by atoms with Gasteiger partial charge in [-0.15, -0.1) is 0 Å². The van der Waals surface area contributed by atoms with Gasteiger partial charge in [-0.25, -0.2) is 4.79 Å². The second-order valence-electron chi connectivity index (χ2n) is 8.56. The summed E-state index contributed by atoms with van der Waals surface area (Å²) in [7, 11) is 0. The fraction of sp³-hybridized carbons (Fsp3) is 0.360. The molecule has 2 N–H and O–H groups in total. The van der Waals surface area contributed by atoms with Crippen LogP contribution in [-0.2, 0) is 9.53 Å². The molecule has 0 radical (unpaired) electrons. The lowest BCUT2D eigenvalue weighted by atomic mass is 9.79. The molecule has 0 aliphatic carbocycles. The Morgan fingerprint density at radius 1 is 0.933 bits per heavy atom. The highest BCUT2D eigenvalue weighted by Gasteiger charge is 2.39. The van der Waals surface area contributed by atoms with Gasteiger partial charge in [-0.05, 0) is 52.3 Å². The molecule has 0 saturated carbocycles. The maximum absolute atomic E-state index is 13.0. The molecule has 0 heterocycles. The molecule has 0 fully saturated rings. The maximum Gasteiger partial charge on any atom is 0.408 e. The molecule has 2 aromatic rings. The maximum atomic E-state index is 13.0. The molecule has 2 rings (SSSR count). The Balaban J connectivity index is 2.13. The number of nitrogens with one attached hydrogen (secondary N) is 2. The number of carbonyl (C=O) groups excluding carboxylic acids is 2. The normalized spacial score (nSPS) is 12.2. The molecule has 0 aromatic heterocycles. The van der Waals surface area contributed by atoms with Crippen LogP contribution < -0.4 is 10.6 Å². The van der Waals surface area contributed by atoms with Crippen molar-refractivity contribution in [1.29, 1.82) is 0 Å². The second-order valence-corrected chi connectivity index (χ2v) is 8.56. The van der Waals surface area contributed by atoms with Crippen LogP contribution in [0.1, 0.15) is 51.8 Å². The Morgan fingerprint density at radius 3 is 2.07 bits per heavy atom. The summed E-state index contributed by atoms with van der Waals surface area (Å²) in [6.45, 7) is 9.20. The van der Waals surface area contributed by atoms with Gasteiger partial charge in [0.1, 0.15) is 5.60 Å². The number of carbonyl (C=O) groups is 2. The van der Waals surface area contributed by atoms with E-state index >= 15 is 0 Å². The Morgan fingerprint density at radius 2 is 1.50 bits per heavy atom. The lowest BCUT2D eigenvalue weighted by molar-refractivity contribution is -0.130. The van der Waals surface area contributed by atoms with E-state index in [9.17, 15) is 9.59 Å². The van der Waals surface area contributed by atoms with Gasteiger partial charge in [-0.3, -0.25) is 4.79 Å². The van der Waals surface area contributed by atoms with Crippen molar-refractivity contribution in [1.82, 2.24) is 10.6 Å². The highest BCUT2D eigenvalue weighted by Crippen LogP contribution is 2.34. The van der Waals surface area contributed by atoms with Crippen molar-refractivity contribution in [3.63, 3.8) is 0 Å². The minimum Gasteiger partial charge on any atom is -0.444 e. The van der Waals surface area contributed by atoms with Gasteiger partial charge < -0.3 is 15.4 Å². The predicted molar refractivity (Wildman–Crippen MR) is 119 cm³/mol. The summed E-state index contributed by atoms with van der Waals surface area (Å²) in [6, 6.07) is 18.4. The zero-order valence-corrected chi connectivity index (χ0v) is 18.3. The molecule has 2 amide bonds. The monoisotopic (exact) mass is 406 g/mol. The third-order valence-electron chi connectivity index (χ3n) is 4.44. The summed E-state index contributed by atoms with van der Waals surface area (Å²) in [5, 5.41) is 5.73. The van der Waals surface area contributed by atoms with Gasteiger partial charge in [0.15, 0.2) is 0 Å². The molecule has 0 spiro atoms. The van der Waals surface area contributed by atoms with Crippen LogP contribution in [0.15, 0.2) is 60.7 Å². The average Bonchev–Trinajstić information content (AvgIpc) is 2.69. The number of amides is 2. The van der Waals surface area contributed by atoms with E-state index in [1.54, 1.807) is 34.6 Å². The molecule has 2 aromatic carbocycles. The fourth-order valence-corrected chi connectivity index (χ4v) is 2.90. The van der Waals surface area contributed by atoms with Crippen LogP contribution in [0.5, 0.6) is 0 Å². The first kappa shape index (κ1) is 23.0. The topological polar surface area (TPSA) is 67.4 Å². The molecular weight excluding hydrogens is 376 g/mol. The van der Waals surface area contributed by atoms with Crippen molar-refractivity contribution < 1.29 is 14.3 Å². The van der Waals surface area contributed by atoms with Crippen LogP contribution in [0, 0.1) is 17.3 Å². The first-order chi connectivity index (χ1) is 14.1. The second kappa shape index (κ2) is 9.98. The summed E-state index contributed by atoms with van der Waals surface area (Å²) < 4.78 is 5.41. The molecule has 0 bridgehead atoms. The van der Waals surface area contributed by atoms with Gasteiger partial charge in [-0.1, -0.05) is 60.4 Å². The SMILES string of the molecule is CC(C)(C)OC(=O)N[C@@H](c1ccccc1)C(C)(C)C(=O)NCC#Cc1ccccc1. The standard InChI is InChI=1S/C25H30N2O3/c1-24(2,3)30-23(29)27-21(20-16-10-7-11-17-20)25(4,5)22(28)26-18-12-15-19-13-8-6-9-14-19/h6-11,13-14,16-17,21H,18H2,1-5H3,(H,26,28)(H,27,29)/t21-/m0/s1. The number of hydrogen-bond acceptors (Lipinski definition) is 3. The Hall–Kier alpha value is -3.26. The molecule has 1 atom stereocenters. The molecule has 0 aliphatic rings. The van der Waals surface area contributed by atoms with E-state index in [0.29, 0.717) is 0 Å². The van der Waals surface area contributed by atoms with Crippen molar-refractivity contribution in [3.8, 4) is 11.8 Å². The largest absolute Gasteiger partial charge is 0.444 e. The molecule has 0 aliphatic heterocycles. The summed E-state index contributed by atoms with van der Waals surface area (Å²) >= 11 is 0. The summed E-state index contributed by atoms with van der Waals surface area (Å²) in [5.41, 5.74) is 0.135. The summed E-state index contributed by atoms with van der Waals surface area (Å²) in [5.74, 6) is 5.76. The minimum absolute atomic E-state index is 0.213. The number of hydrogen-bond donors (Lipinski definition) is 2. The average molecular weight is 407 g/mol. The van der Waals surface area contributed by atoms with Crippen molar-refractivity contribution in [3.05, 3.63) is 71.8 Å². The first-order valence-corrected chi connectivity index (χ1v) is 9.96. The van der Waals surface area contributed by atoms with Crippen LogP contribution in [0.4, 0.5) is 4.79 Å². The number of ether oxygens (including phenoxy) is 1. The van der Waals surface area contributed by atoms with Crippen molar-refractivity contribution in [2.24, 2.45) is 5.41 Å². The zero-order valence-electron chi connectivity index (χ0n) is 18.3. The fourth-order valence-electron chi connectivity index (χ4n) is 2.90. The molecule has 0 unspecified atom stereocenters. The smallest absolute Gasteiger partial charge is 0.408 e. The Kier molecular flexibility index (Phi) is 7.66. The van der Waals surface area contributed by atoms with Crippen molar-refractivity contribution in [2.75, 3.05) is 6.54 Å². The minimum atomic E-state index is -0.938. The van der Waals surface area contributed by atoms with Crippen molar-refractivity contribution >= 4 is 12.0 Å². The number of alkyl carbamates (subject to hydrolysis) is 1. The molecule has 158 valence electrons. The Labute approximate surface area is 179 Å². The van der Waals surface area contributed by atoms with Crippen molar-refractivity contribution in [2.45, 2.75) is 46.3 Å². The zero-order chi connectivity index (χ0) is 22.2. The van der Waals surface area contributed by atoms with Crippen LogP contribution in [-0.4, -0.2) is 24.1 Å². The Bertz CT molecular complexity index is 904. The van der Waals surface area contributed by atoms with Gasteiger partial charge in [0.2, 0.25) is 5.91 Å². The van der Waals surface area contributed by atoms with Crippen LogP contribution in [0.25, 0.3) is 0 Å². The van der Waals surface area contributed by atoms with Crippen LogP contribution in [0.2, 0.25) is 0 Å². The van der Waals surface area contributed by atoms with E-state index < -0.39 is 23.2 Å². The summed E-state index contributed by atoms with van der Waals surface area (Å²) in [4.78, 5) is 25.4. The van der Waals surface area contributed by atoms with Gasteiger partial charge in [0, 0.05) is 5.56 Å². The highest BCUT2D eigenvalue weighted by molar-refractivity contribution is 5.84. The van der Waals surface area contributed by atoms with E-state index in [1.165, 1.54) is 0 Å². The third-order valence-corrected chi connectivity index (χ3v) is 4.44. The lowest BCUT2D eigenvalue weighted by Gasteiger charge is -2.34. The lowest BCUT2D eigenvalue weighted by Crippen LogP contribution is -2.48. The van der Waals surface area contributed by atoms with Gasteiger partial charge in [0.05, 0.1) is 18.0 Å². The quantitative estimate of drug-likeness (QED) is 0.721. The number of rotatable bonds is 5. The van der Waals surface area contributed by atoms with E-state index in [2.05, 4.69) is 22.5 Å². The number of benzene rings is 2. The van der Waals surface area contributed by atoms with E-state index in [1.807, 2.05) is 60.7 Å². The predicted octanol–water partition coefficient (Wildman–Crippen LogP) is 4.45. The summed E-state index contributed by atoms with van der Waals surface area (Å²) in [6.07, 6.45) is -0.568. The van der Waals surface area contributed by atoms with Crippen LogP contribution in [0.3, 0.4) is 0 Å². The van der Waals surface area contributed by atoms with Crippen LogP contribution >= 0.6 is 0 Å². The van der Waals surface area contributed by atoms with E-state index in [0.717, 1.165) is 11.1 Å². The van der Waals surface area contributed by atoms with Gasteiger partial charge in [0.25, 0.3) is 0 Å².